The molecule has 0 atom stereocenters. The number of rotatable bonds is 3. The van der Waals surface area contributed by atoms with Crippen molar-refractivity contribution in [2.45, 2.75) is 12.8 Å². The number of anilines is 2. The second-order valence-corrected chi connectivity index (χ2v) is 5.36. The topological polar surface area (TPSA) is 29.3 Å². The van der Waals surface area contributed by atoms with Gasteiger partial charge in [0, 0.05) is 22.9 Å². The summed E-state index contributed by atoms with van der Waals surface area (Å²) in [5, 5.41) is 0.720. The molecule has 2 aromatic rings. The van der Waals surface area contributed by atoms with Crippen LogP contribution < -0.4 is 10.6 Å². The molecule has 0 fully saturated rings. The molecule has 2 aromatic carbocycles. The first-order valence-electron chi connectivity index (χ1n) is 6.74. The highest BCUT2D eigenvalue weighted by Gasteiger charge is 2.23. The molecule has 0 unspecified atom stereocenters. The van der Waals surface area contributed by atoms with E-state index in [1.807, 2.05) is 24.3 Å². The molecule has 1 heterocycles. The van der Waals surface area contributed by atoms with Crippen LogP contribution in [0.1, 0.15) is 11.1 Å². The van der Waals surface area contributed by atoms with Crippen LogP contribution >= 0.6 is 11.6 Å². The van der Waals surface area contributed by atoms with E-state index >= 15 is 0 Å². The third kappa shape index (κ3) is 2.28. The van der Waals surface area contributed by atoms with Crippen molar-refractivity contribution in [3.63, 3.8) is 0 Å². The number of nitrogens with two attached hydrogens (primary N) is 1. The van der Waals surface area contributed by atoms with Gasteiger partial charge < -0.3 is 10.6 Å². The summed E-state index contributed by atoms with van der Waals surface area (Å²) in [5.41, 5.74) is 9.86. The van der Waals surface area contributed by atoms with Crippen molar-refractivity contribution in [3.05, 3.63) is 58.4 Å². The number of halogens is 2. The average Bonchev–Trinajstić information content (AvgIpc) is 2.84. The second kappa shape index (κ2) is 5.43. The third-order valence-corrected chi connectivity index (χ3v) is 4.08. The van der Waals surface area contributed by atoms with Gasteiger partial charge in [0.25, 0.3) is 0 Å². The van der Waals surface area contributed by atoms with Crippen LogP contribution in [-0.2, 0) is 12.8 Å². The summed E-state index contributed by atoms with van der Waals surface area (Å²) in [5.74, 6) is -0.210. The van der Waals surface area contributed by atoms with E-state index < -0.39 is 0 Å². The molecule has 0 spiro atoms. The average molecular weight is 291 g/mol. The predicted octanol–water partition coefficient (Wildman–Crippen LogP) is 3.67. The Morgan fingerprint density at radius 2 is 2.05 bits per heavy atom. The van der Waals surface area contributed by atoms with Crippen LogP contribution in [0.25, 0.3) is 0 Å². The molecule has 1 aliphatic rings. The minimum atomic E-state index is -0.210. The van der Waals surface area contributed by atoms with Crippen molar-refractivity contribution in [1.82, 2.24) is 0 Å². The van der Waals surface area contributed by atoms with Crippen LogP contribution in [0, 0.1) is 5.82 Å². The lowest BCUT2D eigenvalue weighted by Crippen LogP contribution is -2.17. The molecule has 3 rings (SSSR count). The summed E-state index contributed by atoms with van der Waals surface area (Å²) in [6.07, 6.45) is 1.64. The lowest BCUT2D eigenvalue weighted by molar-refractivity contribution is 0.628. The monoisotopic (exact) mass is 290 g/mol. The Bertz CT molecular complexity index is 642. The van der Waals surface area contributed by atoms with Crippen LogP contribution in [0.4, 0.5) is 15.8 Å². The first-order valence-corrected chi connectivity index (χ1v) is 7.12. The van der Waals surface area contributed by atoms with Crippen LogP contribution in [0.15, 0.2) is 36.4 Å². The summed E-state index contributed by atoms with van der Waals surface area (Å²) in [6, 6.07) is 10.8. The molecule has 0 bridgehead atoms. The fourth-order valence-electron chi connectivity index (χ4n) is 2.79. The third-order valence-electron chi connectivity index (χ3n) is 3.72. The summed E-state index contributed by atoms with van der Waals surface area (Å²) < 4.78 is 13.5. The van der Waals surface area contributed by atoms with Crippen molar-refractivity contribution in [1.29, 1.82) is 0 Å². The molecule has 2 N–H and O–H groups in total. The van der Waals surface area contributed by atoms with Gasteiger partial charge in [-0.15, -0.1) is 0 Å². The number of fused-ring (bicyclic) bond motifs is 1. The standard InChI is InChI=1S/C16H16ClFN2/c17-14-2-1-3-15(13(14)6-8-19)20-9-7-11-4-5-12(18)10-16(11)20/h1-5,10H,6-9,19H2. The molecule has 104 valence electrons. The summed E-state index contributed by atoms with van der Waals surface area (Å²) in [7, 11) is 0. The molecule has 0 saturated heterocycles. The van der Waals surface area contributed by atoms with Gasteiger partial charge in [0.1, 0.15) is 5.82 Å². The van der Waals surface area contributed by atoms with Crippen LogP contribution in [-0.4, -0.2) is 13.1 Å². The van der Waals surface area contributed by atoms with Gasteiger partial charge in [0.05, 0.1) is 0 Å². The molecule has 0 aromatic heterocycles. The van der Waals surface area contributed by atoms with Crippen molar-refractivity contribution in [2.75, 3.05) is 18.0 Å². The van der Waals surface area contributed by atoms with Crippen molar-refractivity contribution >= 4 is 23.0 Å². The highest BCUT2D eigenvalue weighted by Crippen LogP contribution is 2.38. The van der Waals surface area contributed by atoms with Crippen molar-refractivity contribution in [2.24, 2.45) is 5.73 Å². The lowest BCUT2D eigenvalue weighted by Gasteiger charge is -2.23. The van der Waals surface area contributed by atoms with Gasteiger partial charge >= 0.3 is 0 Å². The first-order chi connectivity index (χ1) is 9.70. The molecule has 0 amide bonds. The maximum absolute atomic E-state index is 13.5. The number of nitrogens with zero attached hydrogens (tertiary/aromatic N) is 1. The summed E-state index contributed by atoms with van der Waals surface area (Å²) in [6.45, 7) is 1.39. The number of benzene rings is 2. The zero-order valence-electron chi connectivity index (χ0n) is 11.1. The number of hydrogen-bond acceptors (Lipinski definition) is 2. The van der Waals surface area contributed by atoms with Gasteiger partial charge in [-0.2, -0.15) is 0 Å². The Hall–Kier alpha value is -1.58. The fraction of sp³-hybridized carbons (Fsp3) is 0.250. The molecule has 0 saturated carbocycles. The highest BCUT2D eigenvalue weighted by molar-refractivity contribution is 6.31. The van der Waals surface area contributed by atoms with Crippen LogP contribution in [0.5, 0.6) is 0 Å². The summed E-state index contributed by atoms with van der Waals surface area (Å²) >= 11 is 6.29. The first kappa shape index (κ1) is 13.4. The maximum atomic E-state index is 13.5. The minimum Gasteiger partial charge on any atom is -0.341 e. The van der Waals surface area contributed by atoms with E-state index in [9.17, 15) is 4.39 Å². The smallest absolute Gasteiger partial charge is 0.125 e. The molecule has 20 heavy (non-hydrogen) atoms. The van der Waals surface area contributed by atoms with E-state index in [1.165, 1.54) is 11.6 Å². The molecular weight excluding hydrogens is 275 g/mol. The van der Waals surface area contributed by atoms with E-state index in [0.29, 0.717) is 6.54 Å². The normalized spacial score (nSPS) is 13.7. The van der Waals surface area contributed by atoms with Crippen molar-refractivity contribution in [3.8, 4) is 0 Å². The lowest BCUT2D eigenvalue weighted by atomic mass is 10.1. The largest absolute Gasteiger partial charge is 0.341 e. The molecule has 0 radical (unpaired) electrons. The Balaban J connectivity index is 2.08. The van der Waals surface area contributed by atoms with Gasteiger partial charge in [-0.1, -0.05) is 23.7 Å². The minimum absolute atomic E-state index is 0.210. The van der Waals surface area contributed by atoms with Gasteiger partial charge in [0.15, 0.2) is 0 Å². The van der Waals surface area contributed by atoms with Crippen LogP contribution in [0.2, 0.25) is 5.02 Å². The second-order valence-electron chi connectivity index (χ2n) is 4.95. The zero-order valence-corrected chi connectivity index (χ0v) is 11.8. The quantitative estimate of drug-likeness (QED) is 0.934. The SMILES string of the molecule is NCCc1c(Cl)cccc1N1CCc2ccc(F)cc21. The molecule has 0 aliphatic carbocycles. The maximum Gasteiger partial charge on any atom is 0.125 e. The Labute approximate surface area is 123 Å². The van der Waals surface area contributed by atoms with E-state index in [4.69, 9.17) is 17.3 Å². The van der Waals surface area contributed by atoms with Crippen molar-refractivity contribution < 1.29 is 4.39 Å². The Kier molecular flexibility index (Phi) is 3.64. The Morgan fingerprint density at radius 1 is 1.20 bits per heavy atom. The van der Waals surface area contributed by atoms with E-state index in [2.05, 4.69) is 4.90 Å². The van der Waals surface area contributed by atoms with E-state index in [0.717, 1.165) is 41.3 Å². The fourth-order valence-corrected chi connectivity index (χ4v) is 3.06. The molecule has 4 heteroatoms. The van der Waals surface area contributed by atoms with Gasteiger partial charge in [-0.05, 0) is 54.8 Å². The molecule has 2 nitrogen and oxygen atoms in total. The number of hydrogen-bond donors (Lipinski definition) is 1. The summed E-state index contributed by atoms with van der Waals surface area (Å²) in [4.78, 5) is 2.13. The van der Waals surface area contributed by atoms with E-state index in [1.54, 1.807) is 6.07 Å². The zero-order chi connectivity index (χ0) is 14.1. The molecular formula is C16H16ClFN2. The van der Waals surface area contributed by atoms with Crippen LogP contribution in [0.3, 0.4) is 0 Å². The Morgan fingerprint density at radius 3 is 2.85 bits per heavy atom. The molecule has 1 aliphatic heterocycles. The van der Waals surface area contributed by atoms with Gasteiger partial charge in [-0.3, -0.25) is 0 Å². The van der Waals surface area contributed by atoms with Gasteiger partial charge in [-0.25, -0.2) is 4.39 Å². The highest BCUT2D eigenvalue weighted by atomic mass is 35.5. The van der Waals surface area contributed by atoms with E-state index in [-0.39, 0.29) is 5.82 Å². The van der Waals surface area contributed by atoms with Gasteiger partial charge in [0.2, 0.25) is 0 Å². The predicted molar refractivity (Wildman–Crippen MR) is 81.3 cm³/mol.